The van der Waals surface area contributed by atoms with E-state index in [4.69, 9.17) is 16.3 Å². The van der Waals surface area contributed by atoms with Crippen LogP contribution in [0.2, 0.25) is 5.02 Å². The molecule has 4 aromatic carbocycles. The lowest BCUT2D eigenvalue weighted by molar-refractivity contribution is -0.114. The Hall–Kier alpha value is -4.53. The summed E-state index contributed by atoms with van der Waals surface area (Å²) in [5.41, 5.74) is 3.08. The topological polar surface area (TPSA) is 96.5 Å². The molecule has 4 rings (SSSR count). The third-order valence-electron chi connectivity index (χ3n) is 6.05. The number of para-hydroxylation sites is 1. The summed E-state index contributed by atoms with van der Waals surface area (Å²) in [5, 5.41) is 9.07. The second kappa shape index (κ2) is 14.9. The van der Waals surface area contributed by atoms with Gasteiger partial charge in [0.05, 0.1) is 12.4 Å². The first-order valence-corrected chi connectivity index (χ1v) is 14.6. The van der Waals surface area contributed by atoms with Crippen LogP contribution >= 0.6 is 23.4 Å². The largest absolute Gasteiger partial charge is 0.493 e. The number of ether oxygens (including phenoxy) is 1. The lowest BCUT2D eigenvalue weighted by atomic mass is 10.1. The first-order chi connectivity index (χ1) is 20.3. The van der Waals surface area contributed by atoms with Gasteiger partial charge in [0, 0.05) is 32.4 Å². The van der Waals surface area contributed by atoms with Crippen molar-refractivity contribution in [2.45, 2.75) is 18.7 Å². The predicted molar refractivity (Wildman–Crippen MR) is 170 cm³/mol. The van der Waals surface area contributed by atoms with Gasteiger partial charge in [0.15, 0.2) is 0 Å². The van der Waals surface area contributed by atoms with Crippen molar-refractivity contribution in [3.63, 3.8) is 0 Å². The number of hydrogen-bond acceptors (Lipinski definition) is 5. The monoisotopic (exact) mass is 599 g/mol. The molecule has 0 atom stereocenters. The molecule has 0 fully saturated rings. The van der Waals surface area contributed by atoms with Gasteiger partial charge in [-0.2, -0.15) is 0 Å². The molecule has 3 N–H and O–H groups in total. The van der Waals surface area contributed by atoms with Crippen molar-refractivity contribution in [3.05, 3.63) is 124 Å². The molecule has 0 heterocycles. The Morgan fingerprint density at radius 3 is 2.40 bits per heavy atom. The summed E-state index contributed by atoms with van der Waals surface area (Å²) >= 11 is 7.48. The van der Waals surface area contributed by atoms with Gasteiger partial charge in [-0.25, -0.2) is 0 Å². The van der Waals surface area contributed by atoms with E-state index in [1.54, 1.807) is 78.9 Å². The van der Waals surface area contributed by atoms with E-state index in [0.717, 1.165) is 10.5 Å². The molecule has 4 aromatic rings. The average molecular weight is 600 g/mol. The summed E-state index contributed by atoms with van der Waals surface area (Å²) in [6, 6.07) is 28.4. The summed E-state index contributed by atoms with van der Waals surface area (Å²) in [6.45, 7) is 4.17. The molecule has 0 aromatic heterocycles. The van der Waals surface area contributed by atoms with Crippen LogP contribution in [0.1, 0.15) is 28.4 Å². The van der Waals surface area contributed by atoms with Crippen LogP contribution in [0, 0.1) is 6.92 Å². The molecule has 3 amide bonds. The highest BCUT2D eigenvalue weighted by Gasteiger charge is 2.17. The Morgan fingerprint density at radius 1 is 0.881 bits per heavy atom. The maximum atomic E-state index is 13.5. The van der Waals surface area contributed by atoms with Crippen LogP contribution in [0.5, 0.6) is 5.75 Å². The molecule has 0 bridgehead atoms. The Bertz CT molecular complexity index is 1610. The van der Waals surface area contributed by atoms with Crippen molar-refractivity contribution in [1.82, 2.24) is 5.32 Å². The van der Waals surface area contributed by atoms with Crippen LogP contribution in [0.4, 0.5) is 11.4 Å². The third-order valence-corrected chi connectivity index (χ3v) is 7.45. The molecule has 0 saturated carbocycles. The van der Waals surface area contributed by atoms with Gasteiger partial charge >= 0.3 is 0 Å². The zero-order valence-electron chi connectivity index (χ0n) is 23.1. The van der Waals surface area contributed by atoms with E-state index in [1.807, 2.05) is 38.1 Å². The summed E-state index contributed by atoms with van der Waals surface area (Å²) in [6.07, 6.45) is 1.59. The standard InChI is InChI=1S/C33H30ClN3O4S/c1-3-41-30-18-8-7-13-24(30)19-29(37-32(39)23-11-5-4-6-12-23)33(40)35-25-14-9-15-26(20-25)42-21-31(38)36-28-17-10-16-27(34)22(28)2/h4-20H,3,21H2,1-2H3,(H,35,40)(H,36,38)(H,37,39)/b29-19+. The molecule has 0 radical (unpaired) electrons. The van der Waals surface area contributed by atoms with E-state index in [1.165, 1.54) is 11.8 Å². The Kier molecular flexibility index (Phi) is 10.8. The number of nitrogens with one attached hydrogen (secondary N) is 3. The lowest BCUT2D eigenvalue weighted by Crippen LogP contribution is -2.30. The normalized spacial score (nSPS) is 11.0. The van der Waals surface area contributed by atoms with E-state index in [0.29, 0.717) is 39.9 Å². The van der Waals surface area contributed by atoms with Gasteiger partial charge in [0.25, 0.3) is 11.8 Å². The van der Waals surface area contributed by atoms with Crippen LogP contribution in [0.25, 0.3) is 6.08 Å². The van der Waals surface area contributed by atoms with E-state index < -0.39 is 11.8 Å². The van der Waals surface area contributed by atoms with Gasteiger partial charge in [-0.15, -0.1) is 11.8 Å². The minimum atomic E-state index is -0.512. The zero-order valence-corrected chi connectivity index (χ0v) is 24.7. The van der Waals surface area contributed by atoms with Crippen molar-refractivity contribution in [2.24, 2.45) is 0 Å². The van der Waals surface area contributed by atoms with Gasteiger partial charge in [-0.1, -0.05) is 60.1 Å². The Morgan fingerprint density at radius 2 is 1.62 bits per heavy atom. The Labute approximate surface area is 254 Å². The molecule has 0 saturated heterocycles. The second-order valence-electron chi connectivity index (χ2n) is 9.08. The summed E-state index contributed by atoms with van der Waals surface area (Å²) in [4.78, 5) is 39.8. The molecule has 214 valence electrons. The molecule has 0 spiro atoms. The molecule has 42 heavy (non-hydrogen) atoms. The fraction of sp³-hybridized carbons (Fsp3) is 0.121. The molecule has 9 heteroatoms. The highest BCUT2D eigenvalue weighted by atomic mass is 35.5. The van der Waals surface area contributed by atoms with Gasteiger partial charge in [-0.05, 0) is 74.0 Å². The minimum absolute atomic E-state index is 0.0466. The number of carbonyl (C=O) groups is 3. The van der Waals surface area contributed by atoms with Crippen molar-refractivity contribution in [1.29, 1.82) is 0 Å². The number of carbonyl (C=O) groups excluding carboxylic acids is 3. The first kappa shape index (κ1) is 30.4. The predicted octanol–water partition coefficient (Wildman–Crippen LogP) is 7.19. The number of hydrogen-bond donors (Lipinski definition) is 3. The van der Waals surface area contributed by atoms with E-state index in [9.17, 15) is 14.4 Å². The SMILES string of the molecule is CCOc1ccccc1/C=C(/NC(=O)c1ccccc1)C(=O)Nc1cccc(SCC(=O)Nc2cccc(Cl)c2C)c1. The van der Waals surface area contributed by atoms with Gasteiger partial charge in [0.2, 0.25) is 5.91 Å². The number of rotatable bonds is 11. The van der Waals surface area contributed by atoms with E-state index in [-0.39, 0.29) is 17.4 Å². The second-order valence-corrected chi connectivity index (χ2v) is 10.5. The molecular weight excluding hydrogens is 570 g/mol. The van der Waals surface area contributed by atoms with Crippen LogP contribution in [0.3, 0.4) is 0 Å². The lowest BCUT2D eigenvalue weighted by Gasteiger charge is -2.13. The number of anilines is 2. The van der Waals surface area contributed by atoms with Crippen molar-refractivity contribution >= 4 is 58.5 Å². The van der Waals surface area contributed by atoms with Crippen LogP contribution in [-0.2, 0) is 9.59 Å². The summed E-state index contributed by atoms with van der Waals surface area (Å²) in [7, 11) is 0. The van der Waals surface area contributed by atoms with Crippen LogP contribution < -0.4 is 20.7 Å². The average Bonchev–Trinajstić information content (AvgIpc) is 2.99. The molecule has 0 aliphatic heterocycles. The summed E-state index contributed by atoms with van der Waals surface area (Å²) < 4.78 is 5.71. The van der Waals surface area contributed by atoms with Crippen LogP contribution in [0.15, 0.2) is 108 Å². The molecule has 0 unspecified atom stereocenters. The Balaban J connectivity index is 1.49. The quantitative estimate of drug-likeness (QED) is 0.125. The molecular formula is C33H30ClN3O4S. The molecule has 7 nitrogen and oxygen atoms in total. The number of halogens is 1. The maximum absolute atomic E-state index is 13.5. The van der Waals surface area contributed by atoms with E-state index >= 15 is 0 Å². The maximum Gasteiger partial charge on any atom is 0.272 e. The molecule has 0 aliphatic rings. The first-order valence-electron chi connectivity index (χ1n) is 13.2. The summed E-state index contributed by atoms with van der Waals surface area (Å²) in [5.74, 6) is -0.362. The number of thioether (sulfide) groups is 1. The van der Waals surface area contributed by atoms with Gasteiger partial charge < -0.3 is 20.7 Å². The fourth-order valence-corrected chi connectivity index (χ4v) is 4.85. The number of amides is 3. The van der Waals surface area contributed by atoms with Crippen molar-refractivity contribution < 1.29 is 19.1 Å². The van der Waals surface area contributed by atoms with Crippen molar-refractivity contribution in [3.8, 4) is 5.75 Å². The van der Waals surface area contributed by atoms with Gasteiger partial charge in [0.1, 0.15) is 11.4 Å². The van der Waals surface area contributed by atoms with E-state index in [2.05, 4.69) is 16.0 Å². The highest BCUT2D eigenvalue weighted by molar-refractivity contribution is 8.00. The smallest absolute Gasteiger partial charge is 0.272 e. The third kappa shape index (κ3) is 8.49. The number of benzene rings is 4. The fourth-order valence-electron chi connectivity index (χ4n) is 3.92. The van der Waals surface area contributed by atoms with Crippen molar-refractivity contribution in [2.75, 3.05) is 23.0 Å². The minimum Gasteiger partial charge on any atom is -0.493 e. The van der Waals surface area contributed by atoms with Crippen LogP contribution in [-0.4, -0.2) is 30.1 Å². The highest BCUT2D eigenvalue weighted by Crippen LogP contribution is 2.26. The van der Waals surface area contributed by atoms with Gasteiger partial charge in [-0.3, -0.25) is 14.4 Å². The molecule has 0 aliphatic carbocycles. The zero-order chi connectivity index (χ0) is 29.9.